The van der Waals surface area contributed by atoms with E-state index in [0.717, 1.165) is 11.4 Å². The van der Waals surface area contributed by atoms with E-state index in [9.17, 15) is 0 Å². The first kappa shape index (κ1) is 17.3. The average molecular weight is 402 g/mol. The Morgan fingerprint density at radius 2 is 1.13 bits per heavy atom. The molecule has 6 rings (SSSR count). The molecule has 0 N–H and O–H groups in total. The number of hydrogen-bond donors (Lipinski definition) is 0. The molecule has 5 aromatic carbocycles. The van der Waals surface area contributed by atoms with Crippen LogP contribution in [0.3, 0.4) is 0 Å². The highest BCUT2D eigenvalue weighted by Gasteiger charge is 2.14. The highest BCUT2D eigenvalue weighted by Crippen LogP contribution is 2.41. The lowest BCUT2D eigenvalue weighted by Gasteiger charge is -2.25. The highest BCUT2D eigenvalue weighted by molar-refractivity contribution is 7.26. The first-order chi connectivity index (χ1) is 14.9. The maximum absolute atomic E-state index is 2.31. The third-order valence-corrected chi connectivity index (χ3v) is 6.76. The van der Waals surface area contributed by atoms with E-state index < -0.39 is 0 Å². The monoisotopic (exact) mass is 401 g/mol. The summed E-state index contributed by atoms with van der Waals surface area (Å²) in [4.78, 5) is 2.31. The normalized spacial score (nSPS) is 11.3. The summed E-state index contributed by atoms with van der Waals surface area (Å²) in [6.45, 7) is 0. The van der Waals surface area contributed by atoms with Crippen LogP contribution in [0.2, 0.25) is 0 Å². The van der Waals surface area contributed by atoms with E-state index >= 15 is 0 Å². The van der Waals surface area contributed by atoms with Crippen LogP contribution in [-0.4, -0.2) is 0 Å². The number of thiophene rings is 1. The van der Waals surface area contributed by atoms with Gasteiger partial charge in [0, 0.05) is 37.2 Å². The Labute approximate surface area is 179 Å². The van der Waals surface area contributed by atoms with Gasteiger partial charge in [-0.15, -0.1) is 11.3 Å². The minimum Gasteiger partial charge on any atom is -0.310 e. The first-order valence-corrected chi connectivity index (χ1v) is 10.9. The summed E-state index contributed by atoms with van der Waals surface area (Å²) in [6.07, 6.45) is 0. The summed E-state index contributed by atoms with van der Waals surface area (Å²) in [5.74, 6) is 0. The Kier molecular flexibility index (Phi) is 4.03. The molecule has 0 amide bonds. The number of benzene rings is 5. The molecule has 0 saturated carbocycles. The average Bonchev–Trinajstić information content (AvgIpc) is 3.20. The fourth-order valence-corrected chi connectivity index (χ4v) is 5.40. The fourth-order valence-electron chi connectivity index (χ4n) is 4.28. The standard InChI is InChI=1S/C28H19NS/c1-3-9-21(10-4-1)29(22-11-5-2-6-12-22)23-16-17-24-20(19-23)15-18-27-28(24)25-13-7-8-14-26(25)30-27/h1-19H. The molecule has 0 spiro atoms. The van der Waals surface area contributed by atoms with Gasteiger partial charge in [-0.3, -0.25) is 0 Å². The molecule has 0 aliphatic heterocycles. The summed E-state index contributed by atoms with van der Waals surface area (Å²) in [6, 6.07) is 41.2. The maximum Gasteiger partial charge on any atom is 0.0468 e. The second-order valence-corrected chi connectivity index (χ2v) is 8.53. The molecule has 0 fully saturated rings. The second-order valence-electron chi connectivity index (χ2n) is 7.45. The summed E-state index contributed by atoms with van der Waals surface area (Å²) in [5, 5.41) is 5.29. The number of nitrogens with zero attached hydrogens (tertiary/aromatic N) is 1. The van der Waals surface area contributed by atoms with Gasteiger partial charge in [0.1, 0.15) is 0 Å². The third kappa shape index (κ3) is 2.77. The number of para-hydroxylation sites is 2. The smallest absolute Gasteiger partial charge is 0.0468 e. The van der Waals surface area contributed by atoms with Crippen molar-refractivity contribution in [2.24, 2.45) is 0 Å². The molecular formula is C28H19NS. The van der Waals surface area contributed by atoms with Crippen molar-refractivity contribution >= 4 is 59.3 Å². The lowest BCUT2D eigenvalue weighted by molar-refractivity contribution is 1.29. The molecular weight excluding hydrogens is 382 g/mol. The van der Waals surface area contributed by atoms with E-state index in [2.05, 4.69) is 120 Å². The zero-order valence-corrected chi connectivity index (χ0v) is 17.1. The van der Waals surface area contributed by atoms with Crippen molar-refractivity contribution < 1.29 is 0 Å². The van der Waals surface area contributed by atoms with Crippen molar-refractivity contribution in [3.8, 4) is 0 Å². The predicted octanol–water partition coefficient (Wildman–Crippen LogP) is 8.68. The van der Waals surface area contributed by atoms with Gasteiger partial charge in [0.2, 0.25) is 0 Å². The molecule has 1 aromatic heterocycles. The molecule has 30 heavy (non-hydrogen) atoms. The number of fused-ring (bicyclic) bond motifs is 5. The molecule has 2 heteroatoms. The molecule has 6 aromatic rings. The topological polar surface area (TPSA) is 3.24 Å². The van der Waals surface area contributed by atoms with Crippen LogP contribution in [0, 0.1) is 0 Å². The van der Waals surface area contributed by atoms with Gasteiger partial charge in [-0.2, -0.15) is 0 Å². The Balaban J connectivity index is 1.59. The van der Waals surface area contributed by atoms with E-state index in [1.807, 2.05) is 11.3 Å². The molecule has 0 radical (unpaired) electrons. The summed E-state index contributed by atoms with van der Waals surface area (Å²) in [7, 11) is 0. The highest BCUT2D eigenvalue weighted by atomic mass is 32.1. The van der Waals surface area contributed by atoms with Crippen LogP contribution in [-0.2, 0) is 0 Å². The van der Waals surface area contributed by atoms with Gasteiger partial charge in [-0.1, -0.05) is 66.7 Å². The van der Waals surface area contributed by atoms with Crippen LogP contribution in [0.1, 0.15) is 0 Å². The lowest BCUT2D eigenvalue weighted by atomic mass is 10.0. The van der Waals surface area contributed by atoms with Crippen molar-refractivity contribution in [3.63, 3.8) is 0 Å². The fraction of sp³-hybridized carbons (Fsp3) is 0. The number of rotatable bonds is 3. The summed E-state index contributed by atoms with van der Waals surface area (Å²) < 4.78 is 2.69. The number of anilines is 3. The van der Waals surface area contributed by atoms with E-state index in [-0.39, 0.29) is 0 Å². The molecule has 1 nitrogen and oxygen atoms in total. The van der Waals surface area contributed by atoms with Gasteiger partial charge < -0.3 is 4.90 Å². The molecule has 0 bridgehead atoms. The molecule has 0 unspecified atom stereocenters. The molecule has 0 aliphatic carbocycles. The van der Waals surface area contributed by atoms with Gasteiger partial charge in [0.15, 0.2) is 0 Å². The largest absolute Gasteiger partial charge is 0.310 e. The summed E-state index contributed by atoms with van der Waals surface area (Å²) >= 11 is 1.87. The van der Waals surface area contributed by atoms with Gasteiger partial charge >= 0.3 is 0 Å². The second kappa shape index (κ2) is 7.01. The van der Waals surface area contributed by atoms with Crippen LogP contribution < -0.4 is 4.90 Å². The Morgan fingerprint density at radius 1 is 0.467 bits per heavy atom. The quantitative estimate of drug-likeness (QED) is 0.287. The zero-order valence-electron chi connectivity index (χ0n) is 16.3. The van der Waals surface area contributed by atoms with E-state index in [4.69, 9.17) is 0 Å². The van der Waals surface area contributed by atoms with Crippen LogP contribution in [0.15, 0.2) is 115 Å². The first-order valence-electron chi connectivity index (χ1n) is 10.1. The Bertz CT molecular complexity index is 1440. The van der Waals surface area contributed by atoms with Gasteiger partial charge in [0.05, 0.1) is 0 Å². The molecule has 142 valence electrons. The van der Waals surface area contributed by atoms with Crippen molar-refractivity contribution in [3.05, 3.63) is 115 Å². The van der Waals surface area contributed by atoms with Gasteiger partial charge in [-0.25, -0.2) is 0 Å². The minimum atomic E-state index is 1.16. The lowest BCUT2D eigenvalue weighted by Crippen LogP contribution is -2.09. The Hall–Kier alpha value is -3.62. The maximum atomic E-state index is 2.31. The molecule has 0 saturated heterocycles. The third-order valence-electron chi connectivity index (χ3n) is 5.63. The minimum absolute atomic E-state index is 1.16. The van der Waals surface area contributed by atoms with Crippen LogP contribution in [0.25, 0.3) is 30.9 Å². The SMILES string of the molecule is c1ccc(N(c2ccccc2)c2ccc3c(ccc4sc5ccccc5c43)c2)cc1. The molecule has 0 atom stereocenters. The van der Waals surface area contributed by atoms with E-state index in [1.165, 1.54) is 36.6 Å². The Morgan fingerprint density at radius 3 is 1.87 bits per heavy atom. The summed E-state index contributed by atoms with van der Waals surface area (Å²) in [5.41, 5.74) is 3.48. The van der Waals surface area contributed by atoms with Crippen LogP contribution in [0.5, 0.6) is 0 Å². The van der Waals surface area contributed by atoms with E-state index in [0.29, 0.717) is 0 Å². The van der Waals surface area contributed by atoms with Gasteiger partial charge in [-0.05, 0) is 59.3 Å². The van der Waals surface area contributed by atoms with E-state index in [1.54, 1.807) is 0 Å². The predicted molar refractivity (Wildman–Crippen MR) is 132 cm³/mol. The van der Waals surface area contributed by atoms with Gasteiger partial charge in [0.25, 0.3) is 0 Å². The van der Waals surface area contributed by atoms with Crippen LogP contribution in [0.4, 0.5) is 17.1 Å². The van der Waals surface area contributed by atoms with Crippen molar-refractivity contribution in [2.75, 3.05) is 4.90 Å². The number of hydrogen-bond acceptors (Lipinski definition) is 2. The van der Waals surface area contributed by atoms with Crippen molar-refractivity contribution in [1.82, 2.24) is 0 Å². The zero-order chi connectivity index (χ0) is 19.9. The molecule has 1 heterocycles. The van der Waals surface area contributed by atoms with Crippen LogP contribution >= 0.6 is 11.3 Å². The molecule has 0 aliphatic rings. The van der Waals surface area contributed by atoms with Crippen molar-refractivity contribution in [1.29, 1.82) is 0 Å². The van der Waals surface area contributed by atoms with Crippen molar-refractivity contribution in [2.45, 2.75) is 0 Å².